The number of rotatable bonds is 7. The van der Waals surface area contributed by atoms with Crippen molar-refractivity contribution in [3.8, 4) is 17.2 Å². The maximum absolute atomic E-state index is 5.58. The van der Waals surface area contributed by atoms with E-state index in [4.69, 9.17) is 14.2 Å². The number of ether oxygens (including phenoxy) is 3. The van der Waals surface area contributed by atoms with Gasteiger partial charge in [0.1, 0.15) is 17.2 Å². The number of H-pyrrole nitrogens is 1. The fourth-order valence-electron chi connectivity index (χ4n) is 4.24. The van der Waals surface area contributed by atoms with Gasteiger partial charge in [-0.25, -0.2) is 0 Å². The van der Waals surface area contributed by atoms with Gasteiger partial charge in [0.2, 0.25) is 0 Å². The van der Waals surface area contributed by atoms with Crippen molar-refractivity contribution in [1.82, 2.24) is 15.1 Å². The lowest BCUT2D eigenvalue weighted by atomic mass is 9.87. The van der Waals surface area contributed by atoms with Crippen LogP contribution >= 0.6 is 0 Å². The molecule has 6 nitrogen and oxygen atoms in total. The fourth-order valence-corrected chi connectivity index (χ4v) is 4.24. The summed E-state index contributed by atoms with van der Waals surface area (Å²) in [6.45, 7) is 2.70. The van der Waals surface area contributed by atoms with E-state index < -0.39 is 0 Å². The molecule has 4 rings (SSSR count). The molecule has 2 aromatic carbocycles. The molecule has 1 saturated heterocycles. The first-order valence-electron chi connectivity index (χ1n) is 9.78. The maximum atomic E-state index is 5.58. The lowest BCUT2D eigenvalue weighted by Crippen LogP contribution is -2.20. The number of aromatic nitrogens is 2. The van der Waals surface area contributed by atoms with E-state index in [1.165, 1.54) is 11.3 Å². The van der Waals surface area contributed by atoms with Gasteiger partial charge in [-0.1, -0.05) is 12.1 Å². The number of likely N-dealkylation sites (tertiary alicyclic amines) is 1. The zero-order chi connectivity index (χ0) is 20.2. The monoisotopic (exact) mass is 393 g/mol. The third-order valence-electron chi connectivity index (χ3n) is 5.74. The molecule has 0 amide bonds. The molecule has 0 spiro atoms. The van der Waals surface area contributed by atoms with E-state index >= 15 is 0 Å². The zero-order valence-corrected chi connectivity index (χ0v) is 17.1. The summed E-state index contributed by atoms with van der Waals surface area (Å²) >= 11 is 0. The maximum Gasteiger partial charge on any atom is 0.123 e. The third-order valence-corrected chi connectivity index (χ3v) is 5.74. The molecule has 1 aliphatic heterocycles. The highest BCUT2D eigenvalue weighted by Crippen LogP contribution is 2.40. The SMILES string of the molecule is COc1ccc([C@@H]2CN(Cc3cc(OC)ccc3OC)C[C@H]2c2ccn[nH]2)cc1. The molecule has 2 heterocycles. The lowest BCUT2D eigenvalue weighted by Gasteiger charge is -2.18. The Balaban J connectivity index is 1.60. The molecule has 1 aromatic heterocycles. The smallest absolute Gasteiger partial charge is 0.123 e. The topological polar surface area (TPSA) is 59.6 Å². The molecule has 2 atom stereocenters. The number of hydrogen-bond donors (Lipinski definition) is 1. The van der Waals surface area contributed by atoms with Gasteiger partial charge in [0.15, 0.2) is 0 Å². The summed E-state index contributed by atoms with van der Waals surface area (Å²) in [6, 6.07) is 16.4. The highest BCUT2D eigenvalue weighted by molar-refractivity contribution is 5.41. The second kappa shape index (κ2) is 8.57. The predicted octanol–water partition coefficient (Wildman–Crippen LogP) is 3.82. The predicted molar refractivity (Wildman–Crippen MR) is 112 cm³/mol. The molecule has 0 radical (unpaired) electrons. The minimum Gasteiger partial charge on any atom is -0.497 e. The number of hydrogen-bond acceptors (Lipinski definition) is 5. The molecule has 0 aliphatic carbocycles. The number of nitrogens with zero attached hydrogens (tertiary/aromatic N) is 2. The molecule has 6 heteroatoms. The Morgan fingerprint density at radius 1 is 0.897 bits per heavy atom. The van der Waals surface area contributed by atoms with Crippen LogP contribution < -0.4 is 14.2 Å². The second-order valence-corrected chi connectivity index (χ2v) is 7.37. The van der Waals surface area contributed by atoms with Gasteiger partial charge in [0, 0.05) is 48.9 Å². The van der Waals surface area contributed by atoms with Gasteiger partial charge < -0.3 is 14.2 Å². The molecule has 1 aliphatic rings. The molecule has 152 valence electrons. The summed E-state index contributed by atoms with van der Waals surface area (Å²) in [4.78, 5) is 2.47. The van der Waals surface area contributed by atoms with Crippen LogP contribution in [-0.4, -0.2) is 49.5 Å². The van der Waals surface area contributed by atoms with Crippen molar-refractivity contribution in [2.24, 2.45) is 0 Å². The Morgan fingerprint density at radius 2 is 1.62 bits per heavy atom. The quantitative estimate of drug-likeness (QED) is 0.661. The lowest BCUT2D eigenvalue weighted by molar-refractivity contribution is 0.312. The highest BCUT2D eigenvalue weighted by Gasteiger charge is 2.36. The van der Waals surface area contributed by atoms with E-state index in [0.29, 0.717) is 11.8 Å². The molecule has 0 saturated carbocycles. The first-order valence-corrected chi connectivity index (χ1v) is 9.78. The van der Waals surface area contributed by atoms with E-state index in [0.717, 1.165) is 42.4 Å². The van der Waals surface area contributed by atoms with Crippen LogP contribution in [0.1, 0.15) is 28.7 Å². The average molecular weight is 393 g/mol. The standard InChI is InChI=1S/C23H27N3O3/c1-27-18-6-4-16(5-7-18)20-14-26(15-21(20)22-10-11-24-25-22)13-17-12-19(28-2)8-9-23(17)29-3/h4-12,20-21H,13-15H2,1-3H3,(H,24,25)/t20-,21+/m0/s1. The van der Waals surface area contributed by atoms with Crippen molar-refractivity contribution in [2.45, 2.75) is 18.4 Å². The van der Waals surface area contributed by atoms with Crippen molar-refractivity contribution < 1.29 is 14.2 Å². The summed E-state index contributed by atoms with van der Waals surface area (Å²) in [5.41, 5.74) is 3.61. The molecule has 1 N–H and O–H groups in total. The van der Waals surface area contributed by atoms with Gasteiger partial charge >= 0.3 is 0 Å². The fraction of sp³-hybridized carbons (Fsp3) is 0.348. The van der Waals surface area contributed by atoms with E-state index in [1.807, 2.05) is 30.5 Å². The Bertz CT molecular complexity index is 925. The molecule has 29 heavy (non-hydrogen) atoms. The number of aromatic amines is 1. The van der Waals surface area contributed by atoms with Crippen LogP contribution in [0, 0.1) is 0 Å². The van der Waals surface area contributed by atoms with E-state index in [2.05, 4.69) is 39.4 Å². The van der Waals surface area contributed by atoms with Gasteiger partial charge in [0.05, 0.1) is 21.3 Å². The summed E-state index contributed by atoms with van der Waals surface area (Å²) in [7, 11) is 5.10. The normalized spacial score (nSPS) is 19.3. The van der Waals surface area contributed by atoms with Gasteiger partial charge in [0.25, 0.3) is 0 Å². The Morgan fingerprint density at radius 3 is 2.28 bits per heavy atom. The Kier molecular flexibility index (Phi) is 5.71. The number of benzene rings is 2. The van der Waals surface area contributed by atoms with Crippen molar-refractivity contribution >= 4 is 0 Å². The molecule has 1 fully saturated rings. The minimum atomic E-state index is 0.350. The summed E-state index contributed by atoms with van der Waals surface area (Å²) in [5, 5.41) is 7.36. The van der Waals surface area contributed by atoms with Crippen molar-refractivity contribution in [3.05, 3.63) is 71.5 Å². The third kappa shape index (κ3) is 4.07. The molecule has 0 unspecified atom stereocenters. The second-order valence-electron chi connectivity index (χ2n) is 7.37. The Labute approximate surface area is 171 Å². The van der Waals surface area contributed by atoms with Crippen molar-refractivity contribution in [1.29, 1.82) is 0 Å². The van der Waals surface area contributed by atoms with Crippen LogP contribution in [0.5, 0.6) is 17.2 Å². The largest absolute Gasteiger partial charge is 0.497 e. The van der Waals surface area contributed by atoms with E-state index in [9.17, 15) is 0 Å². The van der Waals surface area contributed by atoms with Gasteiger partial charge in [-0.15, -0.1) is 0 Å². The minimum absolute atomic E-state index is 0.350. The molecular weight excluding hydrogens is 366 g/mol. The van der Waals surface area contributed by atoms with Crippen LogP contribution in [0.2, 0.25) is 0 Å². The summed E-state index contributed by atoms with van der Waals surface area (Å²) < 4.78 is 16.3. The van der Waals surface area contributed by atoms with Gasteiger partial charge in [-0.3, -0.25) is 10.00 Å². The number of methoxy groups -OCH3 is 3. The van der Waals surface area contributed by atoms with Crippen LogP contribution in [0.3, 0.4) is 0 Å². The van der Waals surface area contributed by atoms with Crippen molar-refractivity contribution in [3.63, 3.8) is 0 Å². The van der Waals surface area contributed by atoms with Gasteiger partial charge in [-0.05, 0) is 42.0 Å². The van der Waals surface area contributed by atoms with Crippen molar-refractivity contribution in [2.75, 3.05) is 34.4 Å². The van der Waals surface area contributed by atoms with Crippen LogP contribution in [-0.2, 0) is 6.54 Å². The van der Waals surface area contributed by atoms with Crippen LogP contribution in [0.15, 0.2) is 54.7 Å². The Hall–Kier alpha value is -2.99. The van der Waals surface area contributed by atoms with E-state index in [-0.39, 0.29) is 0 Å². The highest BCUT2D eigenvalue weighted by atomic mass is 16.5. The van der Waals surface area contributed by atoms with Crippen LogP contribution in [0.25, 0.3) is 0 Å². The first kappa shape index (κ1) is 19.3. The van der Waals surface area contributed by atoms with Crippen LogP contribution in [0.4, 0.5) is 0 Å². The first-order chi connectivity index (χ1) is 14.2. The zero-order valence-electron chi connectivity index (χ0n) is 17.1. The average Bonchev–Trinajstić information content (AvgIpc) is 3.43. The summed E-state index contributed by atoms with van der Waals surface area (Å²) in [6.07, 6.45) is 1.83. The molecular formula is C23H27N3O3. The molecule has 0 bridgehead atoms. The molecule has 3 aromatic rings. The van der Waals surface area contributed by atoms with Gasteiger partial charge in [-0.2, -0.15) is 5.10 Å². The summed E-state index contributed by atoms with van der Waals surface area (Å²) in [5.74, 6) is 3.33. The van der Waals surface area contributed by atoms with E-state index in [1.54, 1.807) is 21.3 Å². The number of nitrogens with one attached hydrogen (secondary N) is 1.